The molecular formula is C17H26N2O3. The zero-order valence-corrected chi connectivity index (χ0v) is 13.3. The molecule has 0 aliphatic heterocycles. The van der Waals surface area contributed by atoms with Gasteiger partial charge in [-0.1, -0.05) is 19.1 Å². The minimum absolute atomic E-state index is 0.114. The molecule has 1 rings (SSSR count). The van der Waals surface area contributed by atoms with E-state index in [1.54, 1.807) is 6.07 Å². The van der Waals surface area contributed by atoms with Crippen LogP contribution in [0.15, 0.2) is 30.9 Å². The van der Waals surface area contributed by atoms with Crippen molar-refractivity contribution in [3.63, 3.8) is 0 Å². The molecule has 0 aliphatic rings. The van der Waals surface area contributed by atoms with Crippen molar-refractivity contribution >= 4 is 11.8 Å². The van der Waals surface area contributed by atoms with E-state index >= 15 is 0 Å². The van der Waals surface area contributed by atoms with Crippen molar-refractivity contribution in [2.45, 2.75) is 39.2 Å². The Balaban J connectivity index is 2.50. The molecule has 1 aromatic rings. The topological polar surface area (TPSA) is 81.6 Å². The fraction of sp³-hybridized carbons (Fsp3) is 0.471. The highest BCUT2D eigenvalue weighted by molar-refractivity contribution is 5.64. The average Bonchev–Trinajstić information content (AvgIpc) is 2.43. The number of hydrogen-bond donors (Lipinski definition) is 4. The number of aryl methyl sites for hydroxylation is 1. The van der Waals surface area contributed by atoms with E-state index in [0.29, 0.717) is 18.8 Å². The highest BCUT2D eigenvalue weighted by atomic mass is 16.4. The van der Waals surface area contributed by atoms with Gasteiger partial charge in [0.2, 0.25) is 0 Å². The quantitative estimate of drug-likeness (QED) is 0.415. The standard InChI is InChI=1S/C17H26N2O3/c1-4-5-12(2)11-18-15-9-8-14(10-16(15)20)7-6-13(3)19-17(21)22/h4,8-10,12-13,18-20H,1,5-7,11H2,2-3H3,(H,21,22)/t12?,13-/m0/s1. The van der Waals surface area contributed by atoms with Crippen molar-refractivity contribution in [3.8, 4) is 5.75 Å². The van der Waals surface area contributed by atoms with Crippen LogP contribution in [0.4, 0.5) is 10.5 Å². The first-order valence-corrected chi connectivity index (χ1v) is 7.58. The third-order valence-corrected chi connectivity index (χ3v) is 3.51. The van der Waals surface area contributed by atoms with Crippen LogP contribution in [0.5, 0.6) is 5.75 Å². The highest BCUT2D eigenvalue weighted by Gasteiger charge is 2.08. The number of phenols is 1. The molecule has 2 atom stereocenters. The Kier molecular flexibility index (Phi) is 7.29. The largest absolute Gasteiger partial charge is 0.506 e. The lowest BCUT2D eigenvalue weighted by Gasteiger charge is -2.14. The summed E-state index contributed by atoms with van der Waals surface area (Å²) in [4.78, 5) is 10.5. The highest BCUT2D eigenvalue weighted by Crippen LogP contribution is 2.25. The number of amides is 1. The average molecular weight is 306 g/mol. The molecule has 0 aliphatic carbocycles. The van der Waals surface area contributed by atoms with Gasteiger partial charge >= 0.3 is 6.09 Å². The van der Waals surface area contributed by atoms with Crippen LogP contribution in [0.25, 0.3) is 0 Å². The van der Waals surface area contributed by atoms with Gasteiger partial charge in [0.25, 0.3) is 0 Å². The summed E-state index contributed by atoms with van der Waals surface area (Å²) in [6.07, 6.45) is 3.21. The second kappa shape index (κ2) is 8.97. The number of benzene rings is 1. The first kappa shape index (κ1) is 17.9. The van der Waals surface area contributed by atoms with Gasteiger partial charge in [-0.25, -0.2) is 4.79 Å². The number of phenolic OH excluding ortho intramolecular Hbond substituents is 1. The summed E-state index contributed by atoms with van der Waals surface area (Å²) < 4.78 is 0. The molecule has 1 amide bonds. The van der Waals surface area contributed by atoms with Gasteiger partial charge in [0.15, 0.2) is 0 Å². The molecule has 0 saturated carbocycles. The summed E-state index contributed by atoms with van der Waals surface area (Å²) in [6, 6.07) is 5.43. The van der Waals surface area contributed by atoms with Gasteiger partial charge in [-0.2, -0.15) is 0 Å². The minimum atomic E-state index is -1.01. The van der Waals surface area contributed by atoms with Crippen molar-refractivity contribution in [2.75, 3.05) is 11.9 Å². The zero-order valence-electron chi connectivity index (χ0n) is 13.3. The maximum atomic E-state index is 10.5. The zero-order chi connectivity index (χ0) is 16.5. The molecule has 5 nitrogen and oxygen atoms in total. The van der Waals surface area contributed by atoms with Crippen LogP contribution in [-0.2, 0) is 6.42 Å². The molecule has 122 valence electrons. The van der Waals surface area contributed by atoms with E-state index in [0.717, 1.165) is 24.2 Å². The SMILES string of the molecule is C=CCC(C)CNc1ccc(CC[C@H](C)NC(=O)O)cc1O. The first-order valence-electron chi connectivity index (χ1n) is 7.58. The van der Waals surface area contributed by atoms with Crippen molar-refractivity contribution in [1.29, 1.82) is 0 Å². The van der Waals surface area contributed by atoms with E-state index in [9.17, 15) is 9.90 Å². The lowest BCUT2D eigenvalue weighted by atomic mass is 10.0. The summed E-state index contributed by atoms with van der Waals surface area (Å²) >= 11 is 0. The van der Waals surface area contributed by atoms with E-state index in [1.807, 2.05) is 25.1 Å². The minimum Gasteiger partial charge on any atom is -0.506 e. The van der Waals surface area contributed by atoms with Crippen molar-refractivity contribution in [2.24, 2.45) is 5.92 Å². The molecule has 1 aromatic carbocycles. The lowest BCUT2D eigenvalue weighted by molar-refractivity contribution is 0.190. The Morgan fingerprint density at radius 2 is 2.14 bits per heavy atom. The first-order chi connectivity index (χ1) is 10.4. The van der Waals surface area contributed by atoms with Gasteiger partial charge in [0, 0.05) is 12.6 Å². The second-order valence-corrected chi connectivity index (χ2v) is 5.75. The van der Waals surface area contributed by atoms with Crippen LogP contribution in [0.2, 0.25) is 0 Å². The Labute approximate surface area is 132 Å². The molecule has 0 radical (unpaired) electrons. The summed E-state index contributed by atoms with van der Waals surface area (Å²) in [6.45, 7) is 8.44. The van der Waals surface area contributed by atoms with E-state index in [4.69, 9.17) is 5.11 Å². The van der Waals surface area contributed by atoms with Gasteiger partial charge in [0.1, 0.15) is 5.75 Å². The van der Waals surface area contributed by atoms with Gasteiger partial charge in [-0.05, 0) is 49.8 Å². The summed E-state index contributed by atoms with van der Waals surface area (Å²) in [7, 11) is 0. The van der Waals surface area contributed by atoms with E-state index < -0.39 is 6.09 Å². The molecule has 0 saturated heterocycles. The number of aromatic hydroxyl groups is 1. The summed E-state index contributed by atoms with van der Waals surface area (Å²) in [5, 5.41) is 24.3. The third-order valence-electron chi connectivity index (χ3n) is 3.51. The van der Waals surface area contributed by atoms with Crippen LogP contribution >= 0.6 is 0 Å². The fourth-order valence-electron chi connectivity index (χ4n) is 2.20. The number of rotatable bonds is 9. The molecule has 4 N–H and O–H groups in total. The Morgan fingerprint density at radius 3 is 2.73 bits per heavy atom. The molecule has 0 spiro atoms. The Hall–Kier alpha value is -2.17. The monoisotopic (exact) mass is 306 g/mol. The number of hydrogen-bond acceptors (Lipinski definition) is 3. The lowest BCUT2D eigenvalue weighted by Crippen LogP contribution is -2.31. The van der Waals surface area contributed by atoms with Crippen LogP contribution in [0, 0.1) is 5.92 Å². The van der Waals surface area contributed by atoms with Gasteiger partial charge < -0.3 is 20.8 Å². The van der Waals surface area contributed by atoms with Crippen molar-refractivity contribution < 1.29 is 15.0 Å². The summed E-state index contributed by atoms with van der Waals surface area (Å²) in [5.74, 6) is 0.682. The van der Waals surface area contributed by atoms with E-state index in [-0.39, 0.29) is 11.8 Å². The van der Waals surface area contributed by atoms with E-state index in [2.05, 4.69) is 24.1 Å². The predicted octanol–water partition coefficient (Wildman–Crippen LogP) is 3.61. The molecule has 22 heavy (non-hydrogen) atoms. The molecule has 0 aromatic heterocycles. The predicted molar refractivity (Wildman–Crippen MR) is 89.5 cm³/mol. The molecule has 0 bridgehead atoms. The maximum Gasteiger partial charge on any atom is 0.404 e. The smallest absolute Gasteiger partial charge is 0.404 e. The number of allylic oxidation sites excluding steroid dienone is 1. The number of anilines is 1. The Bertz CT molecular complexity index is 503. The third kappa shape index (κ3) is 6.52. The van der Waals surface area contributed by atoms with Crippen molar-refractivity contribution in [3.05, 3.63) is 36.4 Å². The van der Waals surface area contributed by atoms with Crippen LogP contribution in [0.3, 0.4) is 0 Å². The molecule has 0 heterocycles. The van der Waals surface area contributed by atoms with Gasteiger partial charge in [-0.15, -0.1) is 6.58 Å². The van der Waals surface area contributed by atoms with Crippen LogP contribution in [-0.4, -0.2) is 28.9 Å². The Morgan fingerprint density at radius 1 is 1.41 bits per heavy atom. The van der Waals surface area contributed by atoms with Gasteiger partial charge in [0.05, 0.1) is 5.69 Å². The summed E-state index contributed by atoms with van der Waals surface area (Å²) in [5.41, 5.74) is 1.71. The normalized spacial score (nSPS) is 13.2. The van der Waals surface area contributed by atoms with E-state index in [1.165, 1.54) is 0 Å². The number of carbonyl (C=O) groups is 1. The van der Waals surface area contributed by atoms with Crippen LogP contribution in [0.1, 0.15) is 32.3 Å². The number of nitrogens with one attached hydrogen (secondary N) is 2. The molecule has 0 fully saturated rings. The molecule has 5 heteroatoms. The second-order valence-electron chi connectivity index (χ2n) is 5.75. The van der Waals surface area contributed by atoms with Crippen molar-refractivity contribution in [1.82, 2.24) is 5.32 Å². The van der Waals surface area contributed by atoms with Crippen LogP contribution < -0.4 is 10.6 Å². The van der Waals surface area contributed by atoms with Gasteiger partial charge in [-0.3, -0.25) is 0 Å². The maximum absolute atomic E-state index is 10.5. The molecule has 1 unspecified atom stereocenters. The number of carboxylic acid groups (broad SMARTS) is 1. The fourth-order valence-corrected chi connectivity index (χ4v) is 2.20. The molecular weight excluding hydrogens is 280 g/mol.